The molecule has 45 heavy (non-hydrogen) atoms. The highest BCUT2D eigenvalue weighted by Crippen LogP contribution is 2.36. The fraction of sp³-hybridized carbons (Fsp3) is 0.242. The Morgan fingerprint density at radius 2 is 1.78 bits per heavy atom. The fourth-order valence-electron chi connectivity index (χ4n) is 4.87. The summed E-state index contributed by atoms with van der Waals surface area (Å²) in [5.74, 6) is 1.14. The summed E-state index contributed by atoms with van der Waals surface area (Å²) in [4.78, 5) is 32.3. The predicted molar refractivity (Wildman–Crippen MR) is 179 cm³/mol. The molecule has 0 amide bonds. The molecule has 0 fully saturated rings. The number of rotatable bonds is 10. The summed E-state index contributed by atoms with van der Waals surface area (Å²) < 4.78 is 25.3. The van der Waals surface area contributed by atoms with E-state index in [-0.39, 0.29) is 18.8 Å². The molecule has 1 aliphatic rings. The number of hydrogen-bond donors (Lipinski definition) is 0. The molecule has 1 atom stereocenters. The molecule has 0 bridgehead atoms. The Morgan fingerprint density at radius 3 is 2.44 bits per heavy atom. The predicted octanol–water partition coefficient (Wildman–Crippen LogP) is 6.85. The summed E-state index contributed by atoms with van der Waals surface area (Å²) in [7, 11) is 1.58. The van der Waals surface area contributed by atoms with E-state index in [4.69, 9.17) is 42.1 Å². The lowest BCUT2D eigenvalue weighted by Gasteiger charge is -2.24. The number of carbonyl (C=O) groups is 1. The van der Waals surface area contributed by atoms with Crippen molar-refractivity contribution < 1.29 is 23.7 Å². The van der Waals surface area contributed by atoms with Crippen LogP contribution >= 0.6 is 50.5 Å². The molecule has 0 N–H and O–H groups in total. The Kier molecular flexibility index (Phi) is 10.4. The highest BCUT2D eigenvalue weighted by molar-refractivity contribution is 9.10. The summed E-state index contributed by atoms with van der Waals surface area (Å²) in [5, 5.41) is 1.04. The third-order valence-electron chi connectivity index (χ3n) is 7.00. The topological polar surface area (TPSA) is 88.4 Å². The van der Waals surface area contributed by atoms with E-state index in [0.717, 1.165) is 11.1 Å². The van der Waals surface area contributed by atoms with Crippen molar-refractivity contribution in [3.05, 3.63) is 117 Å². The van der Waals surface area contributed by atoms with Crippen molar-refractivity contribution in [2.24, 2.45) is 4.99 Å². The van der Waals surface area contributed by atoms with E-state index < -0.39 is 12.0 Å². The molecule has 0 saturated heterocycles. The Labute approximate surface area is 282 Å². The van der Waals surface area contributed by atoms with Crippen LogP contribution in [0.4, 0.5) is 0 Å². The number of carbonyl (C=O) groups excluding carboxylic acids is 1. The molecule has 4 aromatic rings. The Bertz CT molecular complexity index is 1970. The molecule has 8 nitrogen and oxygen atoms in total. The third-order valence-corrected chi connectivity index (χ3v) is 9.25. The first kappa shape index (κ1) is 32.8. The highest BCUT2D eigenvalue weighted by Gasteiger charge is 2.33. The number of allylic oxidation sites excluding steroid dienone is 1. The van der Waals surface area contributed by atoms with Gasteiger partial charge in [0.15, 0.2) is 16.3 Å². The minimum atomic E-state index is -0.730. The van der Waals surface area contributed by atoms with Gasteiger partial charge in [0.2, 0.25) is 0 Å². The van der Waals surface area contributed by atoms with Crippen LogP contribution in [0.3, 0.4) is 0 Å². The number of halogens is 3. The fourth-order valence-corrected chi connectivity index (χ4v) is 6.81. The number of esters is 1. The molecular weight excluding hydrogens is 703 g/mol. The van der Waals surface area contributed by atoms with Gasteiger partial charge in [0.1, 0.15) is 12.4 Å². The minimum Gasteiger partial charge on any atom is -0.497 e. The number of hydrogen-bond acceptors (Lipinski definition) is 8. The normalized spacial score (nSPS) is 14.6. The molecule has 234 valence electrons. The first-order valence-electron chi connectivity index (χ1n) is 14.0. The van der Waals surface area contributed by atoms with Gasteiger partial charge in [0.05, 0.1) is 42.2 Å². The second kappa shape index (κ2) is 14.2. The molecule has 1 aromatic heterocycles. The molecule has 0 spiro atoms. The van der Waals surface area contributed by atoms with Gasteiger partial charge in [-0.25, -0.2) is 9.79 Å². The van der Waals surface area contributed by atoms with Crippen molar-refractivity contribution >= 4 is 62.5 Å². The highest BCUT2D eigenvalue weighted by atomic mass is 79.9. The van der Waals surface area contributed by atoms with Crippen LogP contribution in [0, 0.1) is 0 Å². The average Bonchev–Trinajstić information content (AvgIpc) is 3.32. The van der Waals surface area contributed by atoms with Crippen LogP contribution in [0.2, 0.25) is 10.0 Å². The van der Waals surface area contributed by atoms with E-state index in [2.05, 4.69) is 20.9 Å². The zero-order chi connectivity index (χ0) is 32.2. The van der Waals surface area contributed by atoms with E-state index >= 15 is 0 Å². The van der Waals surface area contributed by atoms with Crippen molar-refractivity contribution in [3.63, 3.8) is 0 Å². The van der Waals surface area contributed by atoms with Gasteiger partial charge in [0, 0.05) is 20.1 Å². The van der Waals surface area contributed by atoms with Gasteiger partial charge in [-0.3, -0.25) is 9.36 Å². The zero-order valence-electron chi connectivity index (χ0n) is 24.9. The summed E-state index contributed by atoms with van der Waals surface area (Å²) in [6, 6.07) is 15.3. The van der Waals surface area contributed by atoms with Gasteiger partial charge in [0.25, 0.3) is 5.56 Å². The molecule has 0 unspecified atom stereocenters. The van der Waals surface area contributed by atoms with E-state index in [1.807, 2.05) is 25.1 Å². The van der Waals surface area contributed by atoms with Gasteiger partial charge < -0.3 is 18.9 Å². The number of methoxy groups -OCH3 is 1. The van der Waals surface area contributed by atoms with Crippen molar-refractivity contribution in [1.29, 1.82) is 0 Å². The number of nitrogens with zero attached hydrogens (tertiary/aromatic N) is 2. The van der Waals surface area contributed by atoms with Crippen LogP contribution in [-0.4, -0.2) is 30.9 Å². The van der Waals surface area contributed by atoms with Gasteiger partial charge in [-0.1, -0.05) is 68.7 Å². The van der Waals surface area contributed by atoms with Gasteiger partial charge in [-0.05, 0) is 74.4 Å². The summed E-state index contributed by atoms with van der Waals surface area (Å²) >= 11 is 17.2. The molecule has 2 heterocycles. The van der Waals surface area contributed by atoms with Crippen LogP contribution in [0.1, 0.15) is 43.5 Å². The quantitative estimate of drug-likeness (QED) is 0.166. The number of thiazole rings is 1. The van der Waals surface area contributed by atoms with Crippen molar-refractivity contribution in [3.8, 4) is 17.2 Å². The Morgan fingerprint density at radius 1 is 1.04 bits per heavy atom. The molecule has 0 saturated carbocycles. The average molecular weight is 732 g/mol. The van der Waals surface area contributed by atoms with Crippen LogP contribution < -0.4 is 29.1 Å². The largest absolute Gasteiger partial charge is 0.497 e. The van der Waals surface area contributed by atoms with Gasteiger partial charge in [-0.15, -0.1) is 0 Å². The first-order chi connectivity index (χ1) is 21.6. The lowest BCUT2D eigenvalue weighted by Crippen LogP contribution is -2.39. The molecule has 0 radical (unpaired) electrons. The van der Waals surface area contributed by atoms with Crippen LogP contribution in [0.5, 0.6) is 17.2 Å². The second-order valence-electron chi connectivity index (χ2n) is 9.85. The van der Waals surface area contributed by atoms with Crippen LogP contribution in [-0.2, 0) is 16.1 Å². The Hall–Kier alpha value is -3.57. The van der Waals surface area contributed by atoms with Gasteiger partial charge >= 0.3 is 5.97 Å². The zero-order valence-corrected chi connectivity index (χ0v) is 28.8. The molecule has 3 aromatic carbocycles. The van der Waals surface area contributed by atoms with E-state index in [1.165, 1.54) is 11.3 Å². The number of aromatic nitrogens is 1. The molecule has 5 rings (SSSR count). The summed E-state index contributed by atoms with van der Waals surface area (Å²) in [5.41, 5.74) is 2.70. The van der Waals surface area contributed by atoms with Crippen molar-refractivity contribution in [2.75, 3.05) is 20.3 Å². The van der Waals surface area contributed by atoms with Gasteiger partial charge in [-0.2, -0.15) is 0 Å². The first-order valence-corrected chi connectivity index (χ1v) is 16.4. The second-order valence-corrected chi connectivity index (χ2v) is 12.6. The molecule has 12 heteroatoms. The smallest absolute Gasteiger partial charge is 0.338 e. The maximum atomic E-state index is 14.1. The molecule has 1 aliphatic heterocycles. The summed E-state index contributed by atoms with van der Waals surface area (Å²) in [6.45, 7) is 6.16. The monoisotopic (exact) mass is 730 g/mol. The van der Waals surface area contributed by atoms with E-state index in [1.54, 1.807) is 68.0 Å². The lowest BCUT2D eigenvalue weighted by atomic mass is 9.96. The maximum Gasteiger partial charge on any atom is 0.338 e. The molecule has 0 aliphatic carbocycles. The Balaban J connectivity index is 1.58. The minimum absolute atomic E-state index is 0.192. The van der Waals surface area contributed by atoms with E-state index in [9.17, 15) is 9.59 Å². The third kappa shape index (κ3) is 6.99. The van der Waals surface area contributed by atoms with Crippen molar-refractivity contribution in [2.45, 2.75) is 33.4 Å². The number of benzene rings is 3. The SMILES string of the molecule is CCOC(=O)C1=C(C)N=c2s/c(=C\c3cc(OCC)c(OCc4ccc(Cl)cc4Cl)cc3Br)c(=O)n2[C@@H]1c1ccc(OC)cc1. The number of fused-ring (bicyclic) bond motifs is 1. The summed E-state index contributed by atoms with van der Waals surface area (Å²) in [6.07, 6.45) is 1.77. The lowest BCUT2D eigenvalue weighted by molar-refractivity contribution is -0.139. The standard InChI is InChI=1S/C33H29BrCl2N2O6S/c1-5-42-26-13-21(24(34)16-27(26)44-17-20-7-10-22(35)15-25(20)36)14-28-31(39)38-30(19-8-11-23(41-4)12-9-19)29(32(40)43-6-2)18(3)37-33(38)45-28/h7-16,30H,5-6,17H2,1-4H3/b28-14-/t30-/m1/s1. The molecular formula is C33H29BrCl2N2O6S. The van der Waals surface area contributed by atoms with Crippen LogP contribution in [0.25, 0.3) is 6.08 Å². The van der Waals surface area contributed by atoms with E-state index in [0.29, 0.717) is 64.5 Å². The number of ether oxygens (including phenoxy) is 4. The maximum absolute atomic E-state index is 14.1. The van der Waals surface area contributed by atoms with Crippen LogP contribution in [0.15, 0.2) is 80.1 Å². The van der Waals surface area contributed by atoms with Crippen molar-refractivity contribution in [1.82, 2.24) is 4.57 Å².